The maximum absolute atomic E-state index is 13.0. The molecule has 156 valence electrons. The third-order valence-corrected chi connectivity index (χ3v) is 6.04. The van der Waals surface area contributed by atoms with Crippen LogP contribution in [0.15, 0.2) is 58.6 Å². The molecule has 30 heavy (non-hydrogen) atoms. The monoisotopic (exact) mass is 471 g/mol. The van der Waals surface area contributed by atoms with E-state index in [0.29, 0.717) is 24.5 Å². The number of carbonyl (C=O) groups excluding carboxylic acids is 2. The first-order valence-electron chi connectivity index (χ1n) is 9.79. The minimum Gasteiger partial charge on any atom is -0.507 e. The van der Waals surface area contributed by atoms with Crippen LogP contribution in [0.4, 0.5) is 0 Å². The molecule has 4 rings (SSSR count). The summed E-state index contributed by atoms with van der Waals surface area (Å²) in [4.78, 5) is 27.5. The number of rotatable bonds is 5. The Morgan fingerprint density at radius 3 is 2.47 bits per heavy atom. The molecule has 0 unspecified atom stereocenters. The summed E-state index contributed by atoms with van der Waals surface area (Å²) in [6.45, 7) is 0.966. The molecule has 0 aliphatic carbocycles. The van der Waals surface area contributed by atoms with Crippen LogP contribution in [0.5, 0.6) is 5.75 Å². The molecule has 6 nitrogen and oxygen atoms in total. The Labute approximate surface area is 183 Å². The van der Waals surface area contributed by atoms with E-state index >= 15 is 0 Å². The zero-order chi connectivity index (χ0) is 21.3. The molecule has 2 fully saturated rings. The van der Waals surface area contributed by atoms with Crippen LogP contribution in [0.2, 0.25) is 0 Å². The van der Waals surface area contributed by atoms with Crippen molar-refractivity contribution in [1.82, 2.24) is 4.90 Å². The molecule has 1 amide bonds. The number of aliphatic hydroxyl groups excluding tert-OH is 1. The molecule has 7 heteroatoms. The summed E-state index contributed by atoms with van der Waals surface area (Å²) >= 11 is 3.42. The fraction of sp³-hybridized carbons (Fsp3) is 0.304. The second kappa shape index (κ2) is 8.62. The molecule has 2 aliphatic heterocycles. The molecule has 0 bridgehead atoms. The van der Waals surface area contributed by atoms with Crippen LogP contribution in [0.3, 0.4) is 0 Å². The highest BCUT2D eigenvalue weighted by Gasteiger charge is 2.47. The Morgan fingerprint density at radius 2 is 1.87 bits per heavy atom. The Bertz CT molecular complexity index is 978. The van der Waals surface area contributed by atoms with Crippen molar-refractivity contribution in [3.8, 4) is 5.75 Å². The molecule has 1 N–H and O–H groups in total. The van der Waals surface area contributed by atoms with Gasteiger partial charge in [-0.25, -0.2) is 0 Å². The lowest BCUT2D eigenvalue weighted by Crippen LogP contribution is -2.36. The molecule has 2 saturated heterocycles. The summed E-state index contributed by atoms with van der Waals surface area (Å²) < 4.78 is 11.7. The van der Waals surface area contributed by atoms with Crippen molar-refractivity contribution >= 4 is 33.4 Å². The van der Waals surface area contributed by atoms with Crippen molar-refractivity contribution in [2.45, 2.75) is 25.0 Å². The van der Waals surface area contributed by atoms with E-state index in [1.165, 1.54) is 4.90 Å². The van der Waals surface area contributed by atoms with Crippen molar-refractivity contribution < 1.29 is 24.2 Å². The maximum atomic E-state index is 13.0. The first-order chi connectivity index (χ1) is 14.5. The van der Waals surface area contributed by atoms with Gasteiger partial charge in [-0.1, -0.05) is 28.1 Å². The molecular weight excluding hydrogens is 450 g/mol. The molecule has 2 aromatic rings. The number of ether oxygens (including phenoxy) is 2. The molecule has 2 atom stereocenters. The summed E-state index contributed by atoms with van der Waals surface area (Å²) in [5.74, 6) is -0.865. The van der Waals surface area contributed by atoms with Gasteiger partial charge in [0.25, 0.3) is 11.7 Å². The molecular formula is C23H22BrNO5. The van der Waals surface area contributed by atoms with E-state index in [4.69, 9.17) is 9.47 Å². The lowest BCUT2D eigenvalue weighted by atomic mass is 9.95. The summed E-state index contributed by atoms with van der Waals surface area (Å²) in [5.41, 5.74) is 1.30. The number of nitrogens with zero attached hydrogens (tertiary/aromatic N) is 1. The number of Topliss-reactive ketones (excluding diaryl/α,β-unsaturated/α-hetero) is 1. The van der Waals surface area contributed by atoms with Crippen LogP contribution in [0.1, 0.15) is 30.0 Å². The minimum absolute atomic E-state index is 0.0884. The van der Waals surface area contributed by atoms with Crippen LogP contribution in [-0.4, -0.2) is 48.1 Å². The SMILES string of the molecule is COc1ccc(C(O)=C2C(=O)C(=O)N(C[C@@H]3CCCO3)[C@H]2c2ccc(Br)cc2)cc1. The smallest absolute Gasteiger partial charge is 0.295 e. The molecule has 0 spiro atoms. The second-order valence-electron chi connectivity index (χ2n) is 7.37. The van der Waals surface area contributed by atoms with E-state index in [-0.39, 0.29) is 17.4 Å². The number of benzene rings is 2. The van der Waals surface area contributed by atoms with Gasteiger partial charge in [0.15, 0.2) is 0 Å². The number of hydrogen-bond donors (Lipinski definition) is 1. The van der Waals surface area contributed by atoms with Gasteiger partial charge in [0.2, 0.25) is 0 Å². The number of halogens is 1. The Morgan fingerprint density at radius 1 is 1.17 bits per heavy atom. The largest absolute Gasteiger partial charge is 0.507 e. The topological polar surface area (TPSA) is 76.1 Å². The third kappa shape index (κ3) is 3.87. The molecule has 0 radical (unpaired) electrons. The number of hydrogen-bond acceptors (Lipinski definition) is 5. The predicted molar refractivity (Wildman–Crippen MR) is 115 cm³/mol. The highest BCUT2D eigenvalue weighted by molar-refractivity contribution is 9.10. The highest BCUT2D eigenvalue weighted by atomic mass is 79.9. The van der Waals surface area contributed by atoms with Gasteiger partial charge < -0.3 is 19.5 Å². The average Bonchev–Trinajstić information content (AvgIpc) is 3.36. The zero-order valence-electron chi connectivity index (χ0n) is 16.5. The van der Waals surface area contributed by atoms with Crippen LogP contribution in [0.25, 0.3) is 5.76 Å². The number of methoxy groups -OCH3 is 1. The zero-order valence-corrected chi connectivity index (χ0v) is 18.1. The first kappa shape index (κ1) is 20.6. The van der Waals surface area contributed by atoms with Crippen molar-refractivity contribution in [2.75, 3.05) is 20.3 Å². The standard InChI is InChI=1S/C23H22BrNO5/c1-29-17-10-6-15(7-11-17)21(26)19-20(14-4-8-16(24)9-5-14)25(23(28)22(19)27)13-18-3-2-12-30-18/h4-11,18,20,26H,2-3,12-13H2,1H3/t18-,20-/m0/s1. The highest BCUT2D eigenvalue weighted by Crippen LogP contribution is 2.40. The van der Waals surface area contributed by atoms with Gasteiger partial charge in [-0.15, -0.1) is 0 Å². The van der Waals surface area contributed by atoms with Crippen molar-refractivity contribution in [3.63, 3.8) is 0 Å². The molecule has 0 saturated carbocycles. The van der Waals surface area contributed by atoms with E-state index in [1.54, 1.807) is 31.4 Å². The van der Waals surface area contributed by atoms with E-state index in [9.17, 15) is 14.7 Å². The fourth-order valence-corrected chi connectivity index (χ4v) is 4.24. The second-order valence-corrected chi connectivity index (χ2v) is 8.28. The number of amides is 1. The van der Waals surface area contributed by atoms with Gasteiger partial charge in [-0.05, 0) is 54.8 Å². The van der Waals surface area contributed by atoms with Crippen molar-refractivity contribution in [1.29, 1.82) is 0 Å². The van der Waals surface area contributed by atoms with Gasteiger partial charge in [0.05, 0.1) is 24.8 Å². The average molecular weight is 472 g/mol. The van der Waals surface area contributed by atoms with E-state index in [2.05, 4.69) is 15.9 Å². The maximum Gasteiger partial charge on any atom is 0.295 e. The van der Waals surface area contributed by atoms with Crippen LogP contribution >= 0.6 is 15.9 Å². The Hall–Kier alpha value is -2.64. The number of aliphatic hydroxyl groups is 1. The first-order valence-corrected chi connectivity index (χ1v) is 10.6. The lowest BCUT2D eigenvalue weighted by molar-refractivity contribution is -0.140. The Kier molecular flexibility index (Phi) is 5.92. The van der Waals surface area contributed by atoms with E-state index in [1.807, 2.05) is 24.3 Å². The fourth-order valence-electron chi connectivity index (χ4n) is 3.97. The number of likely N-dealkylation sites (tertiary alicyclic amines) is 1. The summed E-state index contributed by atoms with van der Waals surface area (Å²) in [7, 11) is 1.55. The molecule has 2 heterocycles. The Balaban J connectivity index is 1.80. The van der Waals surface area contributed by atoms with Gasteiger partial charge in [0, 0.05) is 23.2 Å². The van der Waals surface area contributed by atoms with Gasteiger partial charge >= 0.3 is 0 Å². The van der Waals surface area contributed by atoms with Gasteiger partial charge in [-0.3, -0.25) is 9.59 Å². The van der Waals surface area contributed by atoms with Crippen molar-refractivity contribution in [3.05, 3.63) is 69.7 Å². The summed E-state index contributed by atoms with van der Waals surface area (Å²) in [6.07, 6.45) is 1.67. The number of carbonyl (C=O) groups is 2. The lowest BCUT2D eigenvalue weighted by Gasteiger charge is -2.27. The van der Waals surface area contributed by atoms with Crippen LogP contribution in [0, 0.1) is 0 Å². The minimum atomic E-state index is -0.686. The van der Waals surface area contributed by atoms with Crippen LogP contribution < -0.4 is 4.74 Å². The predicted octanol–water partition coefficient (Wildman–Crippen LogP) is 4.06. The van der Waals surface area contributed by atoms with E-state index < -0.39 is 17.7 Å². The van der Waals surface area contributed by atoms with Gasteiger partial charge in [0.1, 0.15) is 11.5 Å². The normalized spacial score (nSPS) is 23.2. The third-order valence-electron chi connectivity index (χ3n) is 5.51. The van der Waals surface area contributed by atoms with Crippen molar-refractivity contribution in [2.24, 2.45) is 0 Å². The van der Waals surface area contributed by atoms with Crippen LogP contribution in [-0.2, 0) is 14.3 Å². The van der Waals surface area contributed by atoms with Gasteiger partial charge in [-0.2, -0.15) is 0 Å². The summed E-state index contributed by atoms with van der Waals surface area (Å²) in [5, 5.41) is 11.0. The summed E-state index contributed by atoms with van der Waals surface area (Å²) in [6, 6.07) is 13.5. The molecule has 2 aliphatic rings. The quantitative estimate of drug-likeness (QED) is 0.404. The number of ketones is 1. The molecule has 2 aromatic carbocycles. The molecule has 0 aromatic heterocycles. The van der Waals surface area contributed by atoms with E-state index in [0.717, 1.165) is 22.9 Å².